The van der Waals surface area contributed by atoms with Gasteiger partial charge in [0.2, 0.25) is 5.91 Å². The number of amides is 1. The van der Waals surface area contributed by atoms with Crippen molar-refractivity contribution in [3.63, 3.8) is 0 Å². The Labute approximate surface area is 105 Å². The molecule has 4 nitrogen and oxygen atoms in total. The second kappa shape index (κ2) is 5.83. The summed E-state index contributed by atoms with van der Waals surface area (Å²) < 4.78 is 0. The Balaban J connectivity index is 2.37. The molecule has 1 rings (SSSR count). The van der Waals surface area contributed by atoms with Gasteiger partial charge in [-0.2, -0.15) is 0 Å². The van der Waals surface area contributed by atoms with Crippen molar-refractivity contribution in [1.29, 1.82) is 0 Å². The molecule has 0 saturated heterocycles. The highest BCUT2D eigenvalue weighted by atomic mass is 16.2. The first-order valence-electron chi connectivity index (χ1n) is 6.58. The lowest BCUT2D eigenvalue weighted by molar-refractivity contribution is -0.123. The summed E-state index contributed by atoms with van der Waals surface area (Å²) in [7, 11) is 4.17. The predicted molar refractivity (Wildman–Crippen MR) is 70.7 cm³/mol. The monoisotopic (exact) mass is 241 g/mol. The second-order valence-corrected chi connectivity index (χ2v) is 5.93. The summed E-state index contributed by atoms with van der Waals surface area (Å²) in [5.41, 5.74) is 6.03. The van der Waals surface area contributed by atoms with Crippen LogP contribution < -0.4 is 11.1 Å². The minimum absolute atomic E-state index is 0.00757. The van der Waals surface area contributed by atoms with Crippen LogP contribution in [0, 0.1) is 5.92 Å². The quantitative estimate of drug-likeness (QED) is 0.728. The molecule has 1 atom stereocenters. The van der Waals surface area contributed by atoms with E-state index in [0.29, 0.717) is 5.92 Å². The van der Waals surface area contributed by atoms with Crippen molar-refractivity contribution in [3.05, 3.63) is 0 Å². The van der Waals surface area contributed by atoms with Crippen LogP contribution in [0.1, 0.15) is 39.5 Å². The Morgan fingerprint density at radius 3 is 2.35 bits per heavy atom. The van der Waals surface area contributed by atoms with Crippen LogP contribution in [0.3, 0.4) is 0 Å². The maximum atomic E-state index is 11.8. The van der Waals surface area contributed by atoms with E-state index in [1.807, 2.05) is 0 Å². The van der Waals surface area contributed by atoms with Gasteiger partial charge in [0.25, 0.3) is 0 Å². The number of hydrogen-bond donors (Lipinski definition) is 2. The molecule has 0 aromatic heterocycles. The van der Waals surface area contributed by atoms with Crippen LogP contribution in [-0.4, -0.2) is 43.0 Å². The summed E-state index contributed by atoms with van der Waals surface area (Å²) in [5.74, 6) is 0.453. The van der Waals surface area contributed by atoms with E-state index < -0.39 is 0 Å². The van der Waals surface area contributed by atoms with Gasteiger partial charge in [0, 0.05) is 12.1 Å². The smallest absolute Gasteiger partial charge is 0.236 e. The van der Waals surface area contributed by atoms with Crippen molar-refractivity contribution in [3.8, 4) is 0 Å². The highest BCUT2D eigenvalue weighted by Crippen LogP contribution is 2.35. The van der Waals surface area contributed by atoms with Crippen LogP contribution in [0.5, 0.6) is 0 Å². The van der Waals surface area contributed by atoms with Crippen LogP contribution in [0.2, 0.25) is 0 Å². The lowest BCUT2D eigenvalue weighted by Crippen LogP contribution is -2.58. The third-order valence-electron chi connectivity index (χ3n) is 3.89. The lowest BCUT2D eigenvalue weighted by atomic mass is 9.75. The third-order valence-corrected chi connectivity index (χ3v) is 3.89. The number of nitrogens with two attached hydrogens (primary N) is 1. The summed E-state index contributed by atoms with van der Waals surface area (Å²) in [4.78, 5) is 14.1. The average molecular weight is 241 g/mol. The van der Waals surface area contributed by atoms with Gasteiger partial charge in [-0.25, -0.2) is 0 Å². The first-order chi connectivity index (χ1) is 7.87. The average Bonchev–Trinajstić information content (AvgIpc) is 2.13. The molecule has 0 unspecified atom stereocenters. The van der Waals surface area contributed by atoms with Crippen LogP contribution in [0.4, 0.5) is 0 Å². The highest BCUT2D eigenvalue weighted by molar-refractivity contribution is 5.81. The van der Waals surface area contributed by atoms with Crippen molar-refractivity contribution in [2.75, 3.05) is 20.6 Å². The zero-order chi connectivity index (χ0) is 13.1. The second-order valence-electron chi connectivity index (χ2n) is 5.93. The maximum Gasteiger partial charge on any atom is 0.236 e. The minimum atomic E-state index is -0.366. The molecule has 1 amide bonds. The number of hydrogen-bond acceptors (Lipinski definition) is 3. The van der Waals surface area contributed by atoms with Gasteiger partial charge in [0.15, 0.2) is 0 Å². The fraction of sp³-hybridized carbons (Fsp3) is 0.923. The molecule has 0 heterocycles. The molecule has 0 aliphatic heterocycles. The number of carbonyl (C=O) groups excluding carboxylic acids is 1. The molecule has 17 heavy (non-hydrogen) atoms. The van der Waals surface area contributed by atoms with Gasteiger partial charge in [0.05, 0.1) is 6.04 Å². The van der Waals surface area contributed by atoms with Crippen LogP contribution in [0.25, 0.3) is 0 Å². The Morgan fingerprint density at radius 1 is 1.41 bits per heavy atom. The number of nitrogens with zero attached hydrogens (tertiary/aromatic N) is 1. The maximum absolute atomic E-state index is 11.8. The molecule has 0 aromatic carbocycles. The summed E-state index contributed by atoms with van der Waals surface area (Å²) in [6, 6.07) is -0.366. The van der Waals surface area contributed by atoms with Gasteiger partial charge in [-0.1, -0.05) is 13.8 Å². The van der Waals surface area contributed by atoms with Crippen molar-refractivity contribution in [2.45, 2.75) is 51.1 Å². The molecule has 100 valence electrons. The van der Waals surface area contributed by atoms with Crippen molar-refractivity contribution in [2.24, 2.45) is 11.7 Å². The van der Waals surface area contributed by atoms with Crippen LogP contribution in [-0.2, 0) is 4.79 Å². The van der Waals surface area contributed by atoms with E-state index in [-0.39, 0.29) is 17.5 Å². The number of carbonyl (C=O) groups is 1. The molecule has 0 spiro atoms. The number of nitrogens with one attached hydrogen (secondary N) is 1. The molecular weight excluding hydrogens is 214 g/mol. The van der Waals surface area contributed by atoms with E-state index in [1.54, 1.807) is 0 Å². The van der Waals surface area contributed by atoms with Gasteiger partial charge in [-0.3, -0.25) is 4.79 Å². The largest absolute Gasteiger partial charge is 0.353 e. The normalized spacial score (nSPS) is 20.2. The molecule has 4 heteroatoms. The molecule has 1 aliphatic carbocycles. The Hall–Kier alpha value is -0.610. The lowest BCUT2D eigenvalue weighted by Gasteiger charge is -2.47. The number of rotatable bonds is 6. The molecule has 1 saturated carbocycles. The van der Waals surface area contributed by atoms with Crippen molar-refractivity contribution < 1.29 is 4.79 Å². The van der Waals surface area contributed by atoms with Gasteiger partial charge in [0.1, 0.15) is 0 Å². The van der Waals surface area contributed by atoms with E-state index in [2.05, 4.69) is 38.2 Å². The first-order valence-corrected chi connectivity index (χ1v) is 6.58. The molecule has 0 bridgehead atoms. The van der Waals surface area contributed by atoms with E-state index in [9.17, 15) is 4.79 Å². The standard InChI is InChI=1S/C13H27N3O/c1-10(2)8-11(14)12(17)15-9-13(16(3)4)6-5-7-13/h10-11H,5-9,14H2,1-4H3,(H,15,17)/t11-/m1/s1. The fourth-order valence-corrected chi connectivity index (χ4v) is 2.36. The van der Waals surface area contributed by atoms with Gasteiger partial charge in [-0.05, 0) is 45.7 Å². The first kappa shape index (κ1) is 14.5. The zero-order valence-corrected chi connectivity index (χ0v) is 11.6. The van der Waals surface area contributed by atoms with Gasteiger partial charge >= 0.3 is 0 Å². The van der Waals surface area contributed by atoms with Gasteiger partial charge in [-0.15, -0.1) is 0 Å². The van der Waals surface area contributed by atoms with Crippen molar-refractivity contribution >= 4 is 5.91 Å². The Kier molecular flexibility index (Phi) is 4.95. The summed E-state index contributed by atoms with van der Waals surface area (Å²) in [6.07, 6.45) is 4.34. The van der Waals surface area contributed by atoms with E-state index in [1.165, 1.54) is 19.3 Å². The fourth-order valence-electron chi connectivity index (χ4n) is 2.36. The topological polar surface area (TPSA) is 58.4 Å². The predicted octanol–water partition coefficient (Wildman–Crippen LogP) is 0.960. The molecule has 1 aliphatic rings. The summed E-state index contributed by atoms with van der Waals surface area (Å²) in [5, 5.41) is 3.01. The van der Waals surface area contributed by atoms with Crippen LogP contribution in [0.15, 0.2) is 0 Å². The zero-order valence-electron chi connectivity index (χ0n) is 11.6. The third kappa shape index (κ3) is 3.68. The van der Waals surface area contributed by atoms with Crippen LogP contribution >= 0.6 is 0 Å². The Morgan fingerprint density at radius 2 is 2.00 bits per heavy atom. The van der Waals surface area contributed by atoms with E-state index in [0.717, 1.165) is 13.0 Å². The SMILES string of the molecule is CC(C)C[C@@H](N)C(=O)NCC1(N(C)C)CCC1. The minimum Gasteiger partial charge on any atom is -0.353 e. The Bertz CT molecular complexity index is 259. The summed E-state index contributed by atoms with van der Waals surface area (Å²) >= 11 is 0. The molecule has 1 fully saturated rings. The highest BCUT2D eigenvalue weighted by Gasteiger charge is 2.39. The number of likely N-dealkylation sites (N-methyl/N-ethyl adjacent to an activating group) is 1. The molecule has 0 aromatic rings. The van der Waals surface area contributed by atoms with Crippen molar-refractivity contribution in [1.82, 2.24) is 10.2 Å². The molecule has 3 N–H and O–H groups in total. The summed E-state index contributed by atoms with van der Waals surface area (Å²) in [6.45, 7) is 4.89. The van der Waals surface area contributed by atoms with E-state index >= 15 is 0 Å². The van der Waals surface area contributed by atoms with Gasteiger partial charge < -0.3 is 16.0 Å². The molecule has 0 radical (unpaired) electrons. The van der Waals surface area contributed by atoms with E-state index in [4.69, 9.17) is 5.73 Å². The molecular formula is C13H27N3O.